The van der Waals surface area contributed by atoms with Crippen LogP contribution < -0.4 is 0 Å². The van der Waals surface area contributed by atoms with Crippen molar-refractivity contribution in [2.45, 2.75) is 64.5 Å². The minimum Gasteiger partial charge on any atom is -0.387 e. The number of rotatable bonds is 5. The molecule has 0 aliphatic heterocycles. The summed E-state index contributed by atoms with van der Waals surface area (Å²) in [4.78, 5) is 0. The summed E-state index contributed by atoms with van der Waals surface area (Å²) in [5.74, 6) is 0.844. The second-order valence-electron chi connectivity index (χ2n) is 5.17. The Morgan fingerprint density at radius 1 is 1.41 bits per heavy atom. The van der Waals surface area contributed by atoms with Crippen molar-refractivity contribution in [1.82, 2.24) is 9.78 Å². The molecule has 1 fully saturated rings. The van der Waals surface area contributed by atoms with Gasteiger partial charge in [0.1, 0.15) is 0 Å². The smallest absolute Gasteiger partial charge is 0.0956 e. The molecule has 0 saturated heterocycles. The third-order valence-corrected chi connectivity index (χ3v) is 3.96. The number of hydrogen-bond acceptors (Lipinski definition) is 2. The average molecular weight is 236 g/mol. The Morgan fingerprint density at radius 3 is 2.88 bits per heavy atom. The molecule has 0 spiro atoms. The maximum atomic E-state index is 10.2. The molecule has 0 bridgehead atoms. The highest BCUT2D eigenvalue weighted by Gasteiger charge is 2.17. The van der Waals surface area contributed by atoms with E-state index >= 15 is 0 Å². The van der Waals surface area contributed by atoms with Crippen molar-refractivity contribution < 1.29 is 5.11 Å². The molecule has 96 valence electrons. The lowest BCUT2D eigenvalue weighted by Crippen LogP contribution is -2.11. The summed E-state index contributed by atoms with van der Waals surface area (Å²) in [7, 11) is 0. The van der Waals surface area contributed by atoms with Crippen LogP contribution in [0.15, 0.2) is 12.3 Å². The highest BCUT2D eigenvalue weighted by Crippen LogP contribution is 2.30. The van der Waals surface area contributed by atoms with Gasteiger partial charge in [-0.2, -0.15) is 5.10 Å². The lowest BCUT2D eigenvalue weighted by Gasteiger charge is -2.22. The number of aliphatic hydroxyl groups excluding tert-OH is 1. The summed E-state index contributed by atoms with van der Waals surface area (Å²) < 4.78 is 1.89. The van der Waals surface area contributed by atoms with Crippen molar-refractivity contribution in [3.63, 3.8) is 0 Å². The molecule has 1 aromatic heterocycles. The Morgan fingerprint density at radius 2 is 2.18 bits per heavy atom. The third kappa shape index (κ3) is 3.32. The first-order valence-electron chi connectivity index (χ1n) is 7.01. The lowest BCUT2D eigenvalue weighted by molar-refractivity contribution is 0.141. The van der Waals surface area contributed by atoms with Crippen molar-refractivity contribution in [2.24, 2.45) is 5.92 Å². The van der Waals surface area contributed by atoms with E-state index in [-0.39, 0.29) is 6.10 Å². The number of aryl methyl sites for hydroxylation is 1. The van der Waals surface area contributed by atoms with E-state index in [9.17, 15) is 5.11 Å². The third-order valence-electron chi connectivity index (χ3n) is 3.96. The fourth-order valence-corrected chi connectivity index (χ4v) is 2.91. The van der Waals surface area contributed by atoms with E-state index in [4.69, 9.17) is 0 Å². The van der Waals surface area contributed by atoms with Gasteiger partial charge in [-0.25, -0.2) is 0 Å². The van der Waals surface area contributed by atoms with Crippen LogP contribution in [-0.4, -0.2) is 14.9 Å². The molecule has 2 rings (SSSR count). The molecule has 0 aromatic carbocycles. The molecular weight excluding hydrogens is 212 g/mol. The summed E-state index contributed by atoms with van der Waals surface area (Å²) in [6, 6.07) is 1.94. The first-order chi connectivity index (χ1) is 8.31. The van der Waals surface area contributed by atoms with Gasteiger partial charge in [0, 0.05) is 12.7 Å². The Kier molecular flexibility index (Phi) is 4.60. The van der Waals surface area contributed by atoms with Gasteiger partial charge in [0.25, 0.3) is 0 Å². The zero-order valence-electron chi connectivity index (χ0n) is 10.8. The van der Waals surface area contributed by atoms with Crippen LogP contribution in [0, 0.1) is 5.92 Å². The van der Waals surface area contributed by atoms with Gasteiger partial charge in [-0.1, -0.05) is 32.1 Å². The van der Waals surface area contributed by atoms with Crippen LogP contribution in [0.3, 0.4) is 0 Å². The molecule has 1 atom stereocenters. The fourth-order valence-electron chi connectivity index (χ4n) is 2.91. The molecule has 0 amide bonds. The number of aliphatic hydroxyl groups is 1. The van der Waals surface area contributed by atoms with E-state index in [2.05, 4.69) is 12.0 Å². The molecule has 1 heterocycles. The van der Waals surface area contributed by atoms with Gasteiger partial charge in [-0.15, -0.1) is 0 Å². The monoisotopic (exact) mass is 236 g/mol. The van der Waals surface area contributed by atoms with Gasteiger partial charge in [-0.3, -0.25) is 4.68 Å². The van der Waals surface area contributed by atoms with Crippen LogP contribution in [0.4, 0.5) is 0 Å². The topological polar surface area (TPSA) is 38.0 Å². The quantitative estimate of drug-likeness (QED) is 0.851. The molecule has 1 N–H and O–H groups in total. The molecule has 1 aromatic rings. The largest absolute Gasteiger partial charge is 0.387 e. The second-order valence-corrected chi connectivity index (χ2v) is 5.17. The van der Waals surface area contributed by atoms with E-state index in [0.717, 1.165) is 31.0 Å². The molecule has 0 radical (unpaired) electrons. The van der Waals surface area contributed by atoms with Crippen LogP contribution in [0.1, 0.15) is 63.7 Å². The van der Waals surface area contributed by atoms with Crippen molar-refractivity contribution in [2.75, 3.05) is 0 Å². The Hall–Kier alpha value is -0.830. The zero-order valence-corrected chi connectivity index (χ0v) is 10.8. The van der Waals surface area contributed by atoms with Crippen LogP contribution in [0.2, 0.25) is 0 Å². The second kappa shape index (κ2) is 6.20. The Labute approximate surface area is 104 Å². The van der Waals surface area contributed by atoms with Gasteiger partial charge in [0.2, 0.25) is 0 Å². The predicted octanol–water partition coefficient (Wildman–Crippen LogP) is 3.30. The molecule has 1 aliphatic carbocycles. The van der Waals surface area contributed by atoms with Crippen LogP contribution in [0.25, 0.3) is 0 Å². The Balaban J connectivity index is 1.82. The lowest BCUT2D eigenvalue weighted by atomic mass is 9.85. The predicted molar refractivity (Wildman–Crippen MR) is 68.7 cm³/mol. The van der Waals surface area contributed by atoms with E-state index in [1.807, 2.05) is 10.7 Å². The summed E-state index contributed by atoms with van der Waals surface area (Å²) in [5, 5.41) is 14.4. The minimum atomic E-state index is -0.334. The standard InChI is InChI=1S/C14H24N2O/c1-2-16-13(10-11-15-16)14(17)9-8-12-6-4-3-5-7-12/h10-12,14,17H,2-9H2,1H3. The fraction of sp³-hybridized carbons (Fsp3) is 0.786. The molecule has 3 heteroatoms. The highest BCUT2D eigenvalue weighted by molar-refractivity contribution is 5.04. The molecule has 1 aliphatic rings. The van der Waals surface area contributed by atoms with E-state index in [1.54, 1.807) is 6.20 Å². The van der Waals surface area contributed by atoms with E-state index in [0.29, 0.717) is 0 Å². The number of aromatic nitrogens is 2. The molecule has 17 heavy (non-hydrogen) atoms. The summed E-state index contributed by atoms with van der Waals surface area (Å²) >= 11 is 0. The zero-order chi connectivity index (χ0) is 12.1. The molecular formula is C14H24N2O. The molecule has 1 unspecified atom stereocenters. The summed E-state index contributed by atoms with van der Waals surface area (Å²) in [6.07, 6.45) is 10.4. The first kappa shape index (κ1) is 12.6. The van der Waals surface area contributed by atoms with E-state index in [1.165, 1.54) is 32.1 Å². The van der Waals surface area contributed by atoms with Gasteiger partial charge < -0.3 is 5.11 Å². The van der Waals surface area contributed by atoms with Gasteiger partial charge >= 0.3 is 0 Å². The number of nitrogens with zero attached hydrogens (tertiary/aromatic N) is 2. The minimum absolute atomic E-state index is 0.334. The number of hydrogen-bond donors (Lipinski definition) is 1. The van der Waals surface area contributed by atoms with Crippen LogP contribution >= 0.6 is 0 Å². The van der Waals surface area contributed by atoms with Gasteiger partial charge in [0.15, 0.2) is 0 Å². The normalized spacial score (nSPS) is 19.4. The highest BCUT2D eigenvalue weighted by atomic mass is 16.3. The van der Waals surface area contributed by atoms with Crippen molar-refractivity contribution in [1.29, 1.82) is 0 Å². The van der Waals surface area contributed by atoms with Crippen LogP contribution in [-0.2, 0) is 6.54 Å². The maximum Gasteiger partial charge on any atom is 0.0956 e. The summed E-state index contributed by atoms with van der Waals surface area (Å²) in [5.41, 5.74) is 0.975. The van der Waals surface area contributed by atoms with Gasteiger partial charge in [0.05, 0.1) is 11.8 Å². The van der Waals surface area contributed by atoms with Crippen molar-refractivity contribution >= 4 is 0 Å². The first-order valence-corrected chi connectivity index (χ1v) is 7.01. The Bertz CT molecular complexity index is 329. The molecule has 3 nitrogen and oxygen atoms in total. The van der Waals surface area contributed by atoms with Crippen molar-refractivity contribution in [3.05, 3.63) is 18.0 Å². The average Bonchev–Trinajstić information content (AvgIpc) is 2.85. The van der Waals surface area contributed by atoms with E-state index < -0.39 is 0 Å². The molecule has 1 saturated carbocycles. The van der Waals surface area contributed by atoms with Crippen LogP contribution in [0.5, 0.6) is 0 Å². The van der Waals surface area contributed by atoms with Gasteiger partial charge in [-0.05, 0) is 31.7 Å². The van der Waals surface area contributed by atoms with Crippen molar-refractivity contribution in [3.8, 4) is 0 Å². The summed E-state index contributed by atoms with van der Waals surface area (Å²) in [6.45, 7) is 2.90. The SMILES string of the molecule is CCn1nccc1C(O)CCC1CCCCC1. The maximum absolute atomic E-state index is 10.2.